The average molecular weight is 364 g/mol. The number of nitrogens with zero attached hydrogens (tertiary/aromatic N) is 2. The normalized spacial score (nSPS) is 10.4. The molecule has 2 N–H and O–H groups in total. The maximum Gasteiger partial charge on any atom is 0.271 e. The summed E-state index contributed by atoms with van der Waals surface area (Å²) >= 11 is 0. The number of halogens is 1. The lowest BCUT2D eigenvalue weighted by molar-refractivity contribution is 0.0948. The Balaban J connectivity index is 1.47. The molecule has 3 rings (SSSR count). The molecule has 2 aromatic carbocycles. The maximum absolute atomic E-state index is 12.9. The summed E-state index contributed by atoms with van der Waals surface area (Å²) in [5.41, 5.74) is 3.57. The fourth-order valence-electron chi connectivity index (χ4n) is 2.62. The Bertz CT molecular complexity index is 895. The number of rotatable bonds is 7. The van der Waals surface area contributed by atoms with Crippen LogP contribution in [0.5, 0.6) is 0 Å². The van der Waals surface area contributed by atoms with Crippen molar-refractivity contribution in [3.8, 4) is 0 Å². The second-order valence-corrected chi connectivity index (χ2v) is 6.28. The fraction of sp³-hybridized carbons (Fsp3) is 0.190. The van der Waals surface area contributed by atoms with Crippen LogP contribution in [0, 0.1) is 12.7 Å². The highest BCUT2D eigenvalue weighted by Gasteiger charge is 2.08. The van der Waals surface area contributed by atoms with Gasteiger partial charge in [0.2, 0.25) is 0 Å². The van der Waals surface area contributed by atoms with Crippen molar-refractivity contribution >= 4 is 11.7 Å². The molecule has 0 bridgehead atoms. The van der Waals surface area contributed by atoms with E-state index < -0.39 is 0 Å². The number of aromatic nitrogens is 2. The molecule has 1 heterocycles. The second kappa shape index (κ2) is 8.89. The molecule has 0 radical (unpaired) electrons. The molecule has 0 atom stereocenters. The molecule has 0 aliphatic carbocycles. The third-order valence-electron chi connectivity index (χ3n) is 4.07. The summed E-state index contributed by atoms with van der Waals surface area (Å²) in [6.45, 7) is 3.13. The molecule has 0 aliphatic heterocycles. The molecule has 6 heteroatoms. The van der Waals surface area contributed by atoms with Crippen molar-refractivity contribution in [3.63, 3.8) is 0 Å². The van der Waals surface area contributed by atoms with Gasteiger partial charge in [0.05, 0.1) is 0 Å². The Morgan fingerprint density at radius 2 is 1.81 bits per heavy atom. The van der Waals surface area contributed by atoms with E-state index in [1.807, 2.05) is 25.1 Å². The molecule has 0 saturated heterocycles. The lowest BCUT2D eigenvalue weighted by Gasteiger charge is -2.07. The minimum Gasteiger partial charge on any atom is -0.365 e. The van der Waals surface area contributed by atoms with Crippen LogP contribution in [0.3, 0.4) is 0 Å². The quantitative estimate of drug-likeness (QED) is 0.673. The maximum atomic E-state index is 12.9. The predicted octanol–water partition coefficient (Wildman–Crippen LogP) is 3.51. The smallest absolute Gasteiger partial charge is 0.271 e. The van der Waals surface area contributed by atoms with Gasteiger partial charge in [0.15, 0.2) is 5.69 Å². The number of carbonyl (C=O) groups excluding carboxylic acids is 1. The third kappa shape index (κ3) is 5.60. The van der Waals surface area contributed by atoms with Crippen molar-refractivity contribution in [2.75, 3.05) is 11.9 Å². The van der Waals surface area contributed by atoms with Gasteiger partial charge in [-0.2, -0.15) is 0 Å². The minimum absolute atomic E-state index is 0.259. The Kier molecular flexibility index (Phi) is 6.10. The van der Waals surface area contributed by atoms with E-state index in [0.29, 0.717) is 25.3 Å². The zero-order valence-corrected chi connectivity index (χ0v) is 15.1. The first-order valence-electron chi connectivity index (χ1n) is 8.76. The molecule has 0 fully saturated rings. The largest absolute Gasteiger partial charge is 0.365 e. The minimum atomic E-state index is -0.283. The highest BCUT2D eigenvalue weighted by Crippen LogP contribution is 2.08. The van der Waals surface area contributed by atoms with Crippen molar-refractivity contribution in [2.45, 2.75) is 19.9 Å². The van der Waals surface area contributed by atoms with Gasteiger partial charge in [0, 0.05) is 13.1 Å². The Morgan fingerprint density at radius 1 is 1.00 bits per heavy atom. The number of amides is 1. The number of hydrogen-bond acceptors (Lipinski definition) is 4. The van der Waals surface area contributed by atoms with Crippen molar-refractivity contribution in [2.24, 2.45) is 0 Å². The van der Waals surface area contributed by atoms with E-state index >= 15 is 0 Å². The number of carbonyl (C=O) groups is 1. The van der Waals surface area contributed by atoms with Crippen LogP contribution in [0.25, 0.3) is 0 Å². The van der Waals surface area contributed by atoms with Crippen LogP contribution in [-0.4, -0.2) is 22.6 Å². The van der Waals surface area contributed by atoms with E-state index in [9.17, 15) is 9.18 Å². The lowest BCUT2D eigenvalue weighted by atomic mass is 10.1. The van der Waals surface area contributed by atoms with Crippen molar-refractivity contribution in [3.05, 3.63) is 88.9 Å². The van der Waals surface area contributed by atoms with Crippen LogP contribution < -0.4 is 10.6 Å². The van der Waals surface area contributed by atoms with Gasteiger partial charge < -0.3 is 10.6 Å². The van der Waals surface area contributed by atoms with Crippen molar-refractivity contribution in [1.82, 2.24) is 15.5 Å². The Labute approximate surface area is 157 Å². The van der Waals surface area contributed by atoms with E-state index in [1.165, 1.54) is 17.7 Å². The first-order chi connectivity index (χ1) is 13.1. The van der Waals surface area contributed by atoms with Gasteiger partial charge in [0.25, 0.3) is 5.91 Å². The van der Waals surface area contributed by atoms with Gasteiger partial charge >= 0.3 is 0 Å². The summed E-state index contributed by atoms with van der Waals surface area (Å²) in [6, 6.07) is 17.8. The van der Waals surface area contributed by atoms with Crippen molar-refractivity contribution < 1.29 is 9.18 Å². The molecule has 1 aromatic heterocycles. The molecule has 27 heavy (non-hydrogen) atoms. The molecular formula is C21H21FN4O. The molecule has 5 nitrogen and oxygen atoms in total. The van der Waals surface area contributed by atoms with Crippen LogP contribution >= 0.6 is 0 Å². The van der Waals surface area contributed by atoms with Crippen LogP contribution in [0.15, 0.2) is 60.7 Å². The topological polar surface area (TPSA) is 66.9 Å². The third-order valence-corrected chi connectivity index (χ3v) is 4.07. The predicted molar refractivity (Wildman–Crippen MR) is 103 cm³/mol. The first-order valence-corrected chi connectivity index (χ1v) is 8.76. The van der Waals surface area contributed by atoms with Gasteiger partial charge in [-0.3, -0.25) is 4.79 Å². The molecule has 1 amide bonds. The number of nitrogens with one attached hydrogen (secondary N) is 2. The Hall–Kier alpha value is -3.28. The summed E-state index contributed by atoms with van der Waals surface area (Å²) in [5, 5.41) is 14.0. The molecule has 0 aliphatic rings. The monoisotopic (exact) mass is 364 g/mol. The van der Waals surface area contributed by atoms with Gasteiger partial charge in [-0.05, 0) is 48.7 Å². The molecule has 0 unspecified atom stereocenters. The summed E-state index contributed by atoms with van der Waals surface area (Å²) in [5.74, 6) is 0.0587. The molecule has 0 saturated carbocycles. The zero-order chi connectivity index (χ0) is 19.1. The zero-order valence-electron chi connectivity index (χ0n) is 15.1. The number of hydrogen-bond donors (Lipinski definition) is 2. The summed E-state index contributed by atoms with van der Waals surface area (Å²) in [4.78, 5) is 12.1. The molecule has 0 spiro atoms. The fourth-order valence-corrected chi connectivity index (χ4v) is 2.62. The number of aryl methyl sites for hydroxylation is 1. The average Bonchev–Trinajstić information content (AvgIpc) is 2.68. The van der Waals surface area contributed by atoms with Crippen molar-refractivity contribution in [1.29, 1.82) is 0 Å². The van der Waals surface area contributed by atoms with Crippen LogP contribution in [0.4, 0.5) is 10.2 Å². The van der Waals surface area contributed by atoms with E-state index in [-0.39, 0.29) is 17.4 Å². The second-order valence-electron chi connectivity index (χ2n) is 6.28. The van der Waals surface area contributed by atoms with Crippen LogP contribution in [0.1, 0.15) is 27.2 Å². The number of benzene rings is 2. The van der Waals surface area contributed by atoms with Gasteiger partial charge in [0.1, 0.15) is 11.6 Å². The number of anilines is 1. The highest BCUT2D eigenvalue weighted by molar-refractivity contribution is 5.92. The van der Waals surface area contributed by atoms with E-state index in [4.69, 9.17) is 0 Å². The standard InChI is InChI=1S/C21H21FN4O/c1-15-3-2-4-17(13-15)14-24-20-10-9-19(25-26-20)21(27)23-12-11-16-5-7-18(22)8-6-16/h2-10,13H,11-12,14H2,1H3,(H,23,27)(H,24,26). The van der Waals surface area contributed by atoms with Crippen LogP contribution in [-0.2, 0) is 13.0 Å². The SMILES string of the molecule is Cc1cccc(CNc2ccc(C(=O)NCCc3ccc(F)cc3)nn2)c1. The van der Waals surface area contributed by atoms with Gasteiger partial charge in [-0.1, -0.05) is 42.0 Å². The van der Waals surface area contributed by atoms with E-state index in [2.05, 4.69) is 26.9 Å². The van der Waals surface area contributed by atoms with E-state index in [0.717, 1.165) is 11.1 Å². The summed E-state index contributed by atoms with van der Waals surface area (Å²) < 4.78 is 12.9. The van der Waals surface area contributed by atoms with E-state index in [1.54, 1.807) is 24.3 Å². The molecule has 3 aromatic rings. The highest BCUT2D eigenvalue weighted by atomic mass is 19.1. The van der Waals surface area contributed by atoms with Crippen LogP contribution in [0.2, 0.25) is 0 Å². The van der Waals surface area contributed by atoms with Gasteiger partial charge in [-0.25, -0.2) is 4.39 Å². The van der Waals surface area contributed by atoms with Gasteiger partial charge in [-0.15, -0.1) is 10.2 Å². The lowest BCUT2D eigenvalue weighted by Crippen LogP contribution is -2.26. The summed E-state index contributed by atoms with van der Waals surface area (Å²) in [6.07, 6.45) is 0.621. The molecule has 138 valence electrons. The molecular weight excluding hydrogens is 343 g/mol. The first kappa shape index (κ1) is 18.5. The summed E-state index contributed by atoms with van der Waals surface area (Å²) in [7, 11) is 0. The Morgan fingerprint density at radius 3 is 2.52 bits per heavy atom.